The van der Waals surface area contributed by atoms with Crippen LogP contribution in [0, 0.1) is 0 Å². The van der Waals surface area contributed by atoms with Crippen molar-refractivity contribution in [2.45, 2.75) is 25.4 Å². The lowest BCUT2D eigenvalue weighted by Crippen LogP contribution is -2.39. The molecule has 0 radical (unpaired) electrons. The van der Waals surface area contributed by atoms with Gasteiger partial charge < -0.3 is 19.7 Å². The van der Waals surface area contributed by atoms with Crippen LogP contribution in [0.1, 0.15) is 29.5 Å². The molecular formula is C20H19N3O3S. The molecule has 1 aromatic heterocycles. The molecule has 138 valence electrons. The third-order valence-corrected chi connectivity index (χ3v) is 6.13. The maximum absolute atomic E-state index is 12.8. The lowest BCUT2D eigenvalue weighted by atomic mass is 10.2. The highest BCUT2D eigenvalue weighted by atomic mass is 32.1. The lowest BCUT2D eigenvalue weighted by molar-refractivity contribution is 0.174. The van der Waals surface area contributed by atoms with E-state index in [0.717, 1.165) is 47.0 Å². The Bertz CT molecular complexity index is 970. The monoisotopic (exact) mass is 381 g/mol. The van der Waals surface area contributed by atoms with E-state index in [4.69, 9.17) is 14.5 Å². The van der Waals surface area contributed by atoms with Crippen LogP contribution in [0.2, 0.25) is 0 Å². The van der Waals surface area contributed by atoms with E-state index in [9.17, 15) is 4.79 Å². The molecule has 0 aliphatic carbocycles. The molecule has 1 fully saturated rings. The SMILES string of the molecule is O=C(NCc1ccc2c(c1)OCO2)N1CCC[C@H]1c1nc2ccccc2s1. The van der Waals surface area contributed by atoms with Crippen LogP contribution in [0.3, 0.4) is 0 Å². The number of likely N-dealkylation sites (tertiary alicyclic amines) is 1. The van der Waals surface area contributed by atoms with Crippen molar-refractivity contribution in [3.8, 4) is 11.5 Å². The van der Waals surface area contributed by atoms with Gasteiger partial charge >= 0.3 is 6.03 Å². The number of benzene rings is 2. The first-order chi connectivity index (χ1) is 13.3. The molecule has 0 saturated carbocycles. The zero-order chi connectivity index (χ0) is 18.2. The van der Waals surface area contributed by atoms with Crippen molar-refractivity contribution in [3.05, 3.63) is 53.0 Å². The van der Waals surface area contributed by atoms with Gasteiger partial charge in [0, 0.05) is 13.1 Å². The molecule has 5 rings (SSSR count). The van der Waals surface area contributed by atoms with E-state index in [0.29, 0.717) is 6.54 Å². The molecular weight excluding hydrogens is 362 g/mol. The number of urea groups is 1. The number of hydrogen-bond donors (Lipinski definition) is 1. The number of nitrogens with zero attached hydrogens (tertiary/aromatic N) is 2. The highest BCUT2D eigenvalue weighted by Gasteiger charge is 2.32. The zero-order valence-electron chi connectivity index (χ0n) is 14.7. The number of para-hydroxylation sites is 1. The molecule has 7 heteroatoms. The average molecular weight is 381 g/mol. The highest BCUT2D eigenvalue weighted by Crippen LogP contribution is 2.36. The van der Waals surface area contributed by atoms with Crippen molar-refractivity contribution in [1.29, 1.82) is 0 Å². The van der Waals surface area contributed by atoms with Gasteiger partial charge in [-0.2, -0.15) is 0 Å². The molecule has 27 heavy (non-hydrogen) atoms. The Morgan fingerprint density at radius 2 is 2.11 bits per heavy atom. The minimum Gasteiger partial charge on any atom is -0.454 e. The van der Waals surface area contributed by atoms with Crippen molar-refractivity contribution in [2.24, 2.45) is 0 Å². The number of rotatable bonds is 3. The fourth-order valence-electron chi connectivity index (χ4n) is 3.63. The molecule has 3 aromatic rings. The van der Waals surface area contributed by atoms with E-state index >= 15 is 0 Å². The Kier molecular flexibility index (Phi) is 4.09. The third-order valence-electron chi connectivity index (χ3n) is 4.99. The maximum atomic E-state index is 12.8. The van der Waals surface area contributed by atoms with E-state index in [2.05, 4.69) is 11.4 Å². The molecule has 0 bridgehead atoms. The number of hydrogen-bond acceptors (Lipinski definition) is 5. The van der Waals surface area contributed by atoms with E-state index in [1.807, 2.05) is 41.3 Å². The number of carbonyl (C=O) groups is 1. The maximum Gasteiger partial charge on any atom is 0.318 e. The summed E-state index contributed by atoms with van der Waals surface area (Å²) in [4.78, 5) is 19.4. The number of ether oxygens (including phenoxy) is 2. The van der Waals surface area contributed by atoms with Crippen LogP contribution in [0.5, 0.6) is 11.5 Å². The van der Waals surface area contributed by atoms with Gasteiger partial charge in [-0.1, -0.05) is 18.2 Å². The second-order valence-electron chi connectivity index (χ2n) is 6.72. The van der Waals surface area contributed by atoms with E-state index in [-0.39, 0.29) is 18.9 Å². The van der Waals surface area contributed by atoms with Crippen molar-refractivity contribution in [3.63, 3.8) is 0 Å². The predicted molar refractivity (Wildman–Crippen MR) is 103 cm³/mol. The van der Waals surface area contributed by atoms with E-state index in [1.165, 1.54) is 4.70 Å². The van der Waals surface area contributed by atoms with Gasteiger partial charge in [-0.15, -0.1) is 11.3 Å². The molecule has 0 spiro atoms. The van der Waals surface area contributed by atoms with Gasteiger partial charge in [-0.3, -0.25) is 0 Å². The van der Waals surface area contributed by atoms with Gasteiger partial charge in [0.2, 0.25) is 6.79 Å². The summed E-state index contributed by atoms with van der Waals surface area (Å²) < 4.78 is 11.9. The predicted octanol–water partition coefficient (Wildman–Crippen LogP) is 4.07. The highest BCUT2D eigenvalue weighted by molar-refractivity contribution is 7.18. The second kappa shape index (κ2) is 6.74. The summed E-state index contributed by atoms with van der Waals surface area (Å²) in [6.07, 6.45) is 1.95. The smallest absolute Gasteiger partial charge is 0.318 e. The van der Waals surface area contributed by atoms with Gasteiger partial charge in [-0.25, -0.2) is 9.78 Å². The molecule has 6 nitrogen and oxygen atoms in total. The number of amides is 2. The van der Waals surface area contributed by atoms with Gasteiger partial charge in [0.1, 0.15) is 5.01 Å². The quantitative estimate of drug-likeness (QED) is 0.743. The summed E-state index contributed by atoms with van der Waals surface area (Å²) in [5, 5.41) is 4.05. The van der Waals surface area contributed by atoms with Crippen LogP contribution >= 0.6 is 11.3 Å². The van der Waals surface area contributed by atoms with Crippen LogP contribution < -0.4 is 14.8 Å². The fraction of sp³-hybridized carbons (Fsp3) is 0.300. The van der Waals surface area contributed by atoms with Gasteiger partial charge in [-0.05, 0) is 42.7 Å². The summed E-state index contributed by atoms with van der Waals surface area (Å²) in [6.45, 7) is 1.47. The van der Waals surface area contributed by atoms with Gasteiger partial charge in [0.15, 0.2) is 11.5 Å². The fourth-order valence-corrected chi connectivity index (χ4v) is 4.74. The van der Waals surface area contributed by atoms with Crippen LogP contribution in [0.15, 0.2) is 42.5 Å². The molecule has 2 aliphatic rings. The molecule has 3 heterocycles. The largest absolute Gasteiger partial charge is 0.454 e. The number of carbonyl (C=O) groups excluding carboxylic acids is 1. The Hall–Kier alpha value is -2.80. The topological polar surface area (TPSA) is 63.7 Å². The molecule has 2 aliphatic heterocycles. The van der Waals surface area contributed by atoms with Gasteiger partial charge in [0.25, 0.3) is 0 Å². The average Bonchev–Trinajstić information content (AvgIpc) is 3.43. The summed E-state index contributed by atoms with van der Waals surface area (Å²) in [5.74, 6) is 1.48. The van der Waals surface area contributed by atoms with Crippen molar-refractivity contribution in [1.82, 2.24) is 15.2 Å². The number of thiazole rings is 1. The van der Waals surface area contributed by atoms with E-state index in [1.54, 1.807) is 11.3 Å². The minimum atomic E-state index is -0.0468. The first kappa shape index (κ1) is 16.4. The first-order valence-corrected chi connectivity index (χ1v) is 9.88. The van der Waals surface area contributed by atoms with Crippen molar-refractivity contribution < 1.29 is 14.3 Å². The van der Waals surface area contributed by atoms with Crippen LogP contribution in [0.25, 0.3) is 10.2 Å². The normalized spacial score (nSPS) is 18.2. The zero-order valence-corrected chi connectivity index (χ0v) is 15.5. The first-order valence-electron chi connectivity index (χ1n) is 9.06. The van der Waals surface area contributed by atoms with Gasteiger partial charge in [0.05, 0.1) is 16.3 Å². The second-order valence-corrected chi connectivity index (χ2v) is 7.78. The number of nitrogens with one attached hydrogen (secondary N) is 1. The summed E-state index contributed by atoms with van der Waals surface area (Å²) in [7, 11) is 0. The van der Waals surface area contributed by atoms with Crippen molar-refractivity contribution in [2.75, 3.05) is 13.3 Å². The standard InChI is InChI=1S/C20H19N3O3S/c24-20(21-11-13-7-8-16-17(10-13)26-12-25-16)23-9-3-5-15(23)19-22-14-4-1-2-6-18(14)27-19/h1-2,4,6-8,10,15H,3,5,9,11-12H2,(H,21,24)/t15-/m0/s1. The third kappa shape index (κ3) is 3.08. The molecule has 1 N–H and O–H groups in total. The molecule has 1 atom stereocenters. The number of aromatic nitrogens is 1. The summed E-state index contributed by atoms with van der Waals surface area (Å²) in [5.41, 5.74) is 1.99. The molecule has 0 unspecified atom stereocenters. The Balaban J connectivity index is 1.29. The van der Waals surface area contributed by atoms with Crippen LogP contribution in [-0.4, -0.2) is 29.3 Å². The Morgan fingerprint density at radius 1 is 1.22 bits per heavy atom. The Morgan fingerprint density at radius 3 is 3.04 bits per heavy atom. The van der Waals surface area contributed by atoms with Crippen LogP contribution in [0.4, 0.5) is 4.79 Å². The summed E-state index contributed by atoms with van der Waals surface area (Å²) >= 11 is 1.68. The van der Waals surface area contributed by atoms with Crippen molar-refractivity contribution >= 4 is 27.6 Å². The van der Waals surface area contributed by atoms with Crippen LogP contribution in [-0.2, 0) is 6.54 Å². The minimum absolute atomic E-state index is 0.0468. The lowest BCUT2D eigenvalue weighted by Gasteiger charge is -2.23. The molecule has 2 aromatic carbocycles. The number of fused-ring (bicyclic) bond motifs is 2. The summed E-state index contributed by atoms with van der Waals surface area (Å²) in [6, 6.07) is 13.9. The van der Waals surface area contributed by atoms with E-state index < -0.39 is 0 Å². The molecule has 1 saturated heterocycles. The Labute approximate surface area is 160 Å². The molecule has 2 amide bonds.